The number of fused-ring (bicyclic) bond motifs is 1. The van der Waals surface area contributed by atoms with Crippen LogP contribution in [0.5, 0.6) is 0 Å². The minimum absolute atomic E-state index is 0.0601. The summed E-state index contributed by atoms with van der Waals surface area (Å²) in [5.41, 5.74) is 2.76. The summed E-state index contributed by atoms with van der Waals surface area (Å²) in [7, 11) is 0. The Kier molecular flexibility index (Phi) is 3.82. The Bertz CT molecular complexity index is 673. The fourth-order valence-electron chi connectivity index (χ4n) is 2.56. The third-order valence-corrected chi connectivity index (χ3v) is 4.62. The zero-order valence-corrected chi connectivity index (χ0v) is 13.6. The van der Waals surface area contributed by atoms with E-state index in [0.29, 0.717) is 5.69 Å². The maximum Gasteiger partial charge on any atom is 0.149 e. The van der Waals surface area contributed by atoms with E-state index < -0.39 is 11.6 Å². The van der Waals surface area contributed by atoms with Gasteiger partial charge in [-0.25, -0.2) is 8.78 Å². The Balaban J connectivity index is 1.89. The van der Waals surface area contributed by atoms with Gasteiger partial charge in [0.2, 0.25) is 0 Å². The van der Waals surface area contributed by atoms with Gasteiger partial charge >= 0.3 is 0 Å². The molecule has 0 amide bonds. The van der Waals surface area contributed by atoms with E-state index in [2.05, 4.69) is 43.2 Å². The molecule has 1 aliphatic carbocycles. The third kappa shape index (κ3) is 2.61. The fraction of sp³-hybridized carbons (Fsp3) is 0.200. The van der Waals surface area contributed by atoms with Crippen molar-refractivity contribution in [1.29, 1.82) is 0 Å². The molecule has 1 unspecified atom stereocenters. The number of anilines is 1. The molecule has 0 radical (unpaired) electrons. The van der Waals surface area contributed by atoms with Gasteiger partial charge in [-0.15, -0.1) is 0 Å². The Morgan fingerprint density at radius 3 is 2.65 bits per heavy atom. The van der Waals surface area contributed by atoms with Gasteiger partial charge in [0.05, 0.1) is 16.2 Å². The van der Waals surface area contributed by atoms with Crippen LogP contribution in [0, 0.1) is 11.6 Å². The first-order chi connectivity index (χ1) is 9.54. The number of nitrogens with one attached hydrogen (secondary N) is 1. The van der Waals surface area contributed by atoms with Gasteiger partial charge in [-0.1, -0.05) is 22.0 Å². The fourth-order valence-corrected chi connectivity index (χ4v) is 3.31. The maximum atomic E-state index is 13.8. The normalized spacial score (nSPS) is 17.1. The van der Waals surface area contributed by atoms with E-state index in [1.807, 2.05) is 12.1 Å². The topological polar surface area (TPSA) is 12.0 Å². The molecule has 1 N–H and O–H groups in total. The first kappa shape index (κ1) is 14.0. The number of rotatable bonds is 2. The molecule has 0 aromatic heterocycles. The van der Waals surface area contributed by atoms with Crippen LogP contribution in [-0.2, 0) is 6.42 Å². The summed E-state index contributed by atoms with van der Waals surface area (Å²) in [6.45, 7) is 0. The standard InChI is InChI=1S/C15H11Br2F2N/c16-9-2-3-10-8(5-9)1-4-14(10)20-15-6-11(17)12(18)7-13(15)19/h2-3,5-7,14,20H,1,4H2. The van der Waals surface area contributed by atoms with Crippen LogP contribution >= 0.6 is 31.9 Å². The first-order valence-corrected chi connectivity index (χ1v) is 7.82. The zero-order valence-electron chi connectivity index (χ0n) is 10.4. The lowest BCUT2D eigenvalue weighted by molar-refractivity contribution is 0.578. The molecule has 0 heterocycles. The van der Waals surface area contributed by atoms with Crippen molar-refractivity contribution in [2.75, 3.05) is 5.32 Å². The van der Waals surface area contributed by atoms with E-state index in [0.717, 1.165) is 23.4 Å². The van der Waals surface area contributed by atoms with Gasteiger partial charge in [0.25, 0.3) is 0 Å². The van der Waals surface area contributed by atoms with Crippen LogP contribution in [0.15, 0.2) is 39.3 Å². The van der Waals surface area contributed by atoms with E-state index in [1.165, 1.54) is 17.2 Å². The highest BCUT2D eigenvalue weighted by Crippen LogP contribution is 2.36. The van der Waals surface area contributed by atoms with Crippen molar-refractivity contribution in [2.45, 2.75) is 18.9 Å². The van der Waals surface area contributed by atoms with E-state index in [1.54, 1.807) is 0 Å². The predicted molar refractivity (Wildman–Crippen MR) is 82.9 cm³/mol. The second kappa shape index (κ2) is 5.45. The second-order valence-electron chi connectivity index (χ2n) is 4.82. The molecule has 104 valence electrons. The molecule has 1 atom stereocenters. The van der Waals surface area contributed by atoms with Crippen molar-refractivity contribution in [3.63, 3.8) is 0 Å². The molecular weight excluding hydrogens is 392 g/mol. The van der Waals surface area contributed by atoms with Crippen molar-refractivity contribution in [3.8, 4) is 0 Å². The average Bonchev–Trinajstić information content (AvgIpc) is 2.78. The minimum Gasteiger partial charge on any atom is -0.376 e. The van der Waals surface area contributed by atoms with Crippen LogP contribution < -0.4 is 5.32 Å². The molecule has 3 rings (SSSR count). The van der Waals surface area contributed by atoms with Crippen molar-refractivity contribution >= 4 is 37.5 Å². The van der Waals surface area contributed by atoms with Gasteiger partial charge in [-0.2, -0.15) is 0 Å². The number of hydrogen-bond donors (Lipinski definition) is 1. The molecule has 0 saturated heterocycles. The van der Waals surface area contributed by atoms with Crippen molar-refractivity contribution in [1.82, 2.24) is 0 Å². The molecule has 0 aliphatic heterocycles. The lowest BCUT2D eigenvalue weighted by Gasteiger charge is -2.16. The molecule has 0 fully saturated rings. The summed E-state index contributed by atoms with van der Waals surface area (Å²) in [6.07, 6.45) is 1.86. The SMILES string of the molecule is Fc1cc(F)c(NC2CCc3cc(Br)ccc32)cc1Br. The highest BCUT2D eigenvalue weighted by atomic mass is 79.9. The maximum absolute atomic E-state index is 13.8. The number of halogens is 4. The lowest BCUT2D eigenvalue weighted by atomic mass is 10.1. The highest BCUT2D eigenvalue weighted by Gasteiger charge is 2.23. The number of hydrogen-bond acceptors (Lipinski definition) is 1. The predicted octanol–water partition coefficient (Wildman–Crippen LogP) is 5.59. The molecule has 2 aromatic rings. The van der Waals surface area contributed by atoms with E-state index >= 15 is 0 Å². The van der Waals surface area contributed by atoms with Crippen LogP contribution in [0.3, 0.4) is 0 Å². The molecular formula is C15H11Br2F2N. The molecule has 2 aromatic carbocycles. The quantitative estimate of drug-likeness (QED) is 0.645. The van der Waals surface area contributed by atoms with Gasteiger partial charge in [0.1, 0.15) is 11.6 Å². The number of aryl methyl sites for hydroxylation is 1. The van der Waals surface area contributed by atoms with Crippen LogP contribution in [0.1, 0.15) is 23.6 Å². The first-order valence-electron chi connectivity index (χ1n) is 6.24. The molecule has 0 saturated carbocycles. The third-order valence-electron chi connectivity index (χ3n) is 3.52. The van der Waals surface area contributed by atoms with Gasteiger partial charge in [0.15, 0.2) is 0 Å². The summed E-state index contributed by atoms with van der Waals surface area (Å²) in [6, 6.07) is 8.51. The van der Waals surface area contributed by atoms with Crippen LogP contribution in [0.25, 0.3) is 0 Å². The van der Waals surface area contributed by atoms with Crippen LogP contribution in [0.4, 0.5) is 14.5 Å². The molecule has 5 heteroatoms. The smallest absolute Gasteiger partial charge is 0.149 e. The summed E-state index contributed by atoms with van der Waals surface area (Å²) >= 11 is 6.54. The van der Waals surface area contributed by atoms with E-state index in [4.69, 9.17) is 0 Å². The number of benzene rings is 2. The summed E-state index contributed by atoms with van der Waals surface area (Å²) in [4.78, 5) is 0. The summed E-state index contributed by atoms with van der Waals surface area (Å²) in [5.74, 6) is -1.17. The molecule has 1 nitrogen and oxygen atoms in total. The Hall–Kier alpha value is -0.940. The Labute approximate surface area is 132 Å². The van der Waals surface area contributed by atoms with Gasteiger partial charge < -0.3 is 5.32 Å². The molecule has 0 bridgehead atoms. The van der Waals surface area contributed by atoms with Crippen LogP contribution in [-0.4, -0.2) is 0 Å². The highest BCUT2D eigenvalue weighted by molar-refractivity contribution is 9.10. The zero-order chi connectivity index (χ0) is 14.3. The molecule has 0 spiro atoms. The minimum atomic E-state index is -0.594. The largest absolute Gasteiger partial charge is 0.376 e. The monoisotopic (exact) mass is 401 g/mol. The van der Waals surface area contributed by atoms with Crippen molar-refractivity contribution in [2.24, 2.45) is 0 Å². The molecule has 20 heavy (non-hydrogen) atoms. The Morgan fingerprint density at radius 2 is 1.85 bits per heavy atom. The van der Waals surface area contributed by atoms with Crippen molar-refractivity contribution in [3.05, 3.63) is 62.0 Å². The van der Waals surface area contributed by atoms with Gasteiger partial charge in [0, 0.05) is 10.5 Å². The molecule has 1 aliphatic rings. The summed E-state index contributed by atoms with van der Waals surface area (Å²) in [5, 5.41) is 3.17. The average molecular weight is 403 g/mol. The summed E-state index contributed by atoms with van der Waals surface area (Å²) < 4.78 is 28.3. The lowest BCUT2D eigenvalue weighted by Crippen LogP contribution is -2.08. The second-order valence-corrected chi connectivity index (χ2v) is 6.59. The van der Waals surface area contributed by atoms with Crippen LogP contribution in [0.2, 0.25) is 0 Å². The van der Waals surface area contributed by atoms with Gasteiger partial charge in [-0.3, -0.25) is 0 Å². The van der Waals surface area contributed by atoms with E-state index in [-0.39, 0.29) is 10.5 Å². The van der Waals surface area contributed by atoms with Gasteiger partial charge in [-0.05, 0) is 58.1 Å². The van der Waals surface area contributed by atoms with Crippen molar-refractivity contribution < 1.29 is 8.78 Å². The van der Waals surface area contributed by atoms with E-state index in [9.17, 15) is 8.78 Å². The Morgan fingerprint density at radius 1 is 1.05 bits per heavy atom.